The van der Waals surface area contributed by atoms with Crippen molar-refractivity contribution >= 4 is 29.1 Å². The first-order valence-corrected chi connectivity index (χ1v) is 9.99. The molecule has 152 valence electrons. The van der Waals surface area contributed by atoms with Gasteiger partial charge in [-0.1, -0.05) is 11.6 Å². The van der Waals surface area contributed by atoms with Gasteiger partial charge in [0.15, 0.2) is 0 Å². The molecule has 1 aliphatic rings. The van der Waals surface area contributed by atoms with E-state index in [2.05, 4.69) is 20.3 Å². The van der Waals surface area contributed by atoms with E-state index in [-0.39, 0.29) is 17.7 Å². The summed E-state index contributed by atoms with van der Waals surface area (Å²) in [5.41, 5.74) is 2.23. The molecule has 3 aromatic rings. The van der Waals surface area contributed by atoms with Crippen LogP contribution < -0.4 is 5.32 Å². The summed E-state index contributed by atoms with van der Waals surface area (Å²) in [5, 5.41) is 3.42. The number of anilines is 1. The van der Waals surface area contributed by atoms with Gasteiger partial charge in [0, 0.05) is 48.3 Å². The Hall–Kier alpha value is -3.32. The van der Waals surface area contributed by atoms with Gasteiger partial charge < -0.3 is 10.2 Å². The monoisotopic (exact) mass is 421 g/mol. The first kappa shape index (κ1) is 20.0. The number of aryl methyl sites for hydroxylation is 1. The number of nitrogens with zero attached hydrogens (tertiary/aromatic N) is 4. The van der Waals surface area contributed by atoms with Gasteiger partial charge in [0.2, 0.25) is 0 Å². The van der Waals surface area contributed by atoms with E-state index in [1.807, 2.05) is 0 Å². The molecule has 1 atom stereocenters. The molecule has 0 saturated carbocycles. The van der Waals surface area contributed by atoms with E-state index in [4.69, 9.17) is 11.6 Å². The quantitative estimate of drug-likeness (QED) is 0.693. The number of benzene rings is 1. The van der Waals surface area contributed by atoms with Crippen LogP contribution in [0.5, 0.6) is 0 Å². The predicted octanol–water partition coefficient (Wildman–Crippen LogP) is 3.72. The average molecular weight is 422 g/mol. The number of halogens is 1. The number of nitrogens with one attached hydrogen (secondary N) is 1. The Labute approximate surface area is 179 Å². The molecular weight excluding hydrogens is 402 g/mol. The number of pyridine rings is 1. The summed E-state index contributed by atoms with van der Waals surface area (Å²) in [4.78, 5) is 40.0. The van der Waals surface area contributed by atoms with E-state index >= 15 is 0 Å². The summed E-state index contributed by atoms with van der Waals surface area (Å²) in [7, 11) is 0. The number of carbonyl (C=O) groups excluding carboxylic acids is 2. The molecular formula is C22H20ClN5O2. The van der Waals surface area contributed by atoms with Crippen molar-refractivity contribution in [3.63, 3.8) is 0 Å². The first-order valence-electron chi connectivity index (χ1n) is 9.61. The molecule has 0 aliphatic carbocycles. The second-order valence-corrected chi connectivity index (χ2v) is 7.60. The first-order chi connectivity index (χ1) is 14.5. The zero-order valence-corrected chi connectivity index (χ0v) is 17.1. The highest BCUT2D eigenvalue weighted by Gasteiger charge is 2.30. The summed E-state index contributed by atoms with van der Waals surface area (Å²) in [5.74, 6) is 0.372. The minimum absolute atomic E-state index is 0.0395. The molecule has 0 bridgehead atoms. The fourth-order valence-electron chi connectivity index (χ4n) is 3.46. The SMILES string of the molecule is Cc1nc([C@@H]2CCN(C(=O)c3cccnc3)C2)ncc1C(=O)Nc1ccc(Cl)cc1. The lowest BCUT2D eigenvalue weighted by atomic mass is 10.1. The van der Waals surface area contributed by atoms with Gasteiger partial charge in [-0.25, -0.2) is 9.97 Å². The molecule has 0 radical (unpaired) electrons. The molecule has 1 aromatic carbocycles. The van der Waals surface area contributed by atoms with Gasteiger partial charge in [-0.2, -0.15) is 0 Å². The fraction of sp³-hybridized carbons (Fsp3) is 0.227. The van der Waals surface area contributed by atoms with Crippen LogP contribution in [-0.2, 0) is 0 Å². The van der Waals surface area contributed by atoms with E-state index in [1.54, 1.807) is 66.8 Å². The smallest absolute Gasteiger partial charge is 0.259 e. The molecule has 1 N–H and O–H groups in total. The average Bonchev–Trinajstić information content (AvgIpc) is 3.25. The molecule has 7 nitrogen and oxygen atoms in total. The maximum Gasteiger partial charge on any atom is 0.259 e. The molecule has 2 amide bonds. The van der Waals surface area contributed by atoms with E-state index in [0.717, 1.165) is 6.42 Å². The normalized spacial score (nSPS) is 15.8. The van der Waals surface area contributed by atoms with Gasteiger partial charge in [0.1, 0.15) is 5.82 Å². The van der Waals surface area contributed by atoms with Gasteiger partial charge in [-0.3, -0.25) is 14.6 Å². The largest absolute Gasteiger partial charge is 0.338 e. The van der Waals surface area contributed by atoms with Crippen LogP contribution in [0.4, 0.5) is 5.69 Å². The maximum absolute atomic E-state index is 12.6. The minimum atomic E-state index is -0.277. The van der Waals surface area contributed by atoms with E-state index < -0.39 is 0 Å². The summed E-state index contributed by atoms with van der Waals surface area (Å²) >= 11 is 5.87. The third-order valence-corrected chi connectivity index (χ3v) is 5.35. The van der Waals surface area contributed by atoms with Crippen LogP contribution in [0.25, 0.3) is 0 Å². The van der Waals surface area contributed by atoms with Crippen LogP contribution >= 0.6 is 11.6 Å². The molecule has 2 aromatic heterocycles. The number of aromatic nitrogens is 3. The molecule has 3 heterocycles. The molecule has 1 fully saturated rings. The molecule has 0 unspecified atom stereocenters. The van der Waals surface area contributed by atoms with Crippen molar-refractivity contribution in [1.82, 2.24) is 19.9 Å². The summed E-state index contributed by atoms with van der Waals surface area (Å²) in [6.07, 6.45) is 5.55. The van der Waals surface area contributed by atoms with Crippen molar-refractivity contribution in [2.24, 2.45) is 0 Å². The number of amides is 2. The second-order valence-electron chi connectivity index (χ2n) is 7.17. The Kier molecular flexibility index (Phi) is 5.72. The Balaban J connectivity index is 1.44. The van der Waals surface area contributed by atoms with Crippen LogP contribution in [0.15, 0.2) is 55.0 Å². The standard InChI is InChI=1S/C22H20ClN5O2/c1-14-19(21(29)27-18-6-4-17(23)5-7-18)12-25-20(26-14)16-8-10-28(13-16)22(30)15-3-2-9-24-11-15/h2-7,9,11-12,16H,8,10,13H2,1H3,(H,27,29)/t16-/m1/s1. The van der Waals surface area contributed by atoms with Gasteiger partial charge in [0.05, 0.1) is 16.8 Å². The fourth-order valence-corrected chi connectivity index (χ4v) is 3.59. The summed E-state index contributed by atoms with van der Waals surface area (Å²) < 4.78 is 0. The van der Waals surface area contributed by atoms with E-state index in [0.29, 0.717) is 46.4 Å². The van der Waals surface area contributed by atoms with Crippen molar-refractivity contribution in [3.8, 4) is 0 Å². The predicted molar refractivity (Wildman–Crippen MR) is 114 cm³/mol. The number of hydrogen-bond donors (Lipinski definition) is 1. The molecule has 8 heteroatoms. The van der Waals surface area contributed by atoms with Crippen molar-refractivity contribution < 1.29 is 9.59 Å². The van der Waals surface area contributed by atoms with Gasteiger partial charge in [-0.05, 0) is 49.7 Å². The Bertz CT molecular complexity index is 1070. The van der Waals surface area contributed by atoms with Gasteiger partial charge in [0.25, 0.3) is 11.8 Å². The highest BCUT2D eigenvalue weighted by Crippen LogP contribution is 2.26. The molecule has 0 spiro atoms. The van der Waals surface area contributed by atoms with E-state index in [1.165, 1.54) is 0 Å². The molecule has 4 rings (SSSR count). The van der Waals surface area contributed by atoms with Crippen LogP contribution in [0, 0.1) is 6.92 Å². The van der Waals surface area contributed by atoms with Crippen molar-refractivity contribution in [3.05, 3.63) is 82.7 Å². The third-order valence-electron chi connectivity index (χ3n) is 5.09. The van der Waals surface area contributed by atoms with Crippen molar-refractivity contribution in [2.75, 3.05) is 18.4 Å². The highest BCUT2D eigenvalue weighted by molar-refractivity contribution is 6.30. The van der Waals surface area contributed by atoms with Gasteiger partial charge in [-0.15, -0.1) is 0 Å². The number of carbonyl (C=O) groups is 2. The number of rotatable bonds is 4. The van der Waals surface area contributed by atoms with Crippen LogP contribution in [0.1, 0.15) is 44.6 Å². The van der Waals surface area contributed by atoms with Crippen LogP contribution in [0.2, 0.25) is 5.02 Å². The molecule has 1 aliphatic heterocycles. The van der Waals surface area contributed by atoms with Crippen LogP contribution in [0.3, 0.4) is 0 Å². The second kappa shape index (κ2) is 8.59. The van der Waals surface area contributed by atoms with E-state index in [9.17, 15) is 9.59 Å². The zero-order valence-electron chi connectivity index (χ0n) is 16.4. The Morgan fingerprint density at radius 3 is 2.67 bits per heavy atom. The summed E-state index contributed by atoms with van der Waals surface area (Å²) in [6, 6.07) is 10.4. The minimum Gasteiger partial charge on any atom is -0.338 e. The molecule has 1 saturated heterocycles. The highest BCUT2D eigenvalue weighted by atomic mass is 35.5. The van der Waals surface area contributed by atoms with Crippen molar-refractivity contribution in [2.45, 2.75) is 19.3 Å². The lowest BCUT2D eigenvalue weighted by Gasteiger charge is -2.16. The number of hydrogen-bond acceptors (Lipinski definition) is 5. The topological polar surface area (TPSA) is 88.1 Å². The Morgan fingerprint density at radius 1 is 1.17 bits per heavy atom. The number of likely N-dealkylation sites (tertiary alicyclic amines) is 1. The maximum atomic E-state index is 12.6. The Morgan fingerprint density at radius 2 is 1.97 bits per heavy atom. The third kappa shape index (κ3) is 4.31. The lowest BCUT2D eigenvalue weighted by molar-refractivity contribution is 0.0790. The van der Waals surface area contributed by atoms with Crippen molar-refractivity contribution in [1.29, 1.82) is 0 Å². The lowest BCUT2D eigenvalue weighted by Crippen LogP contribution is -2.28. The van der Waals surface area contributed by atoms with Crippen LogP contribution in [-0.4, -0.2) is 44.8 Å². The molecule has 30 heavy (non-hydrogen) atoms. The zero-order chi connectivity index (χ0) is 21.1. The summed E-state index contributed by atoms with van der Waals surface area (Å²) in [6.45, 7) is 2.97. The van der Waals surface area contributed by atoms with Gasteiger partial charge >= 0.3 is 0 Å².